The molecule has 0 N–H and O–H groups in total. The Balaban J connectivity index is 1.72. The van der Waals surface area contributed by atoms with Gasteiger partial charge in [0, 0.05) is 7.05 Å². The van der Waals surface area contributed by atoms with Gasteiger partial charge in [0.15, 0.2) is 0 Å². The molecule has 0 saturated heterocycles. The van der Waals surface area contributed by atoms with Gasteiger partial charge in [0.1, 0.15) is 11.5 Å². The number of halogens is 2. The fraction of sp³-hybridized carbons (Fsp3) is 0.136. The number of aryl methyl sites for hydroxylation is 1. The van der Waals surface area contributed by atoms with Crippen LogP contribution in [0.15, 0.2) is 77.7 Å². The molecule has 0 heterocycles. The van der Waals surface area contributed by atoms with E-state index < -0.39 is 22.6 Å². The van der Waals surface area contributed by atoms with Gasteiger partial charge in [-0.3, -0.25) is 4.31 Å². The van der Waals surface area contributed by atoms with E-state index in [9.17, 15) is 22.0 Å². The maximum absolute atomic E-state index is 12.8. The molecule has 0 radical (unpaired) electrons. The minimum atomic E-state index is -3.75. The largest absolute Gasteiger partial charge is 0.435 e. The van der Waals surface area contributed by atoms with Gasteiger partial charge in [-0.25, -0.2) is 13.2 Å². The van der Waals surface area contributed by atoms with E-state index in [0.29, 0.717) is 5.69 Å². The van der Waals surface area contributed by atoms with Gasteiger partial charge in [-0.05, 0) is 61.5 Å². The van der Waals surface area contributed by atoms with Crippen LogP contribution in [-0.4, -0.2) is 28.0 Å². The SMILES string of the molecule is Cc1ccc(S(=O)(=O)N(C)c2ccc(OC(=O)c3cccc(OC(F)F)c3)cc2)cc1. The number of sulfonamides is 1. The normalized spacial score (nSPS) is 11.3. The second-order valence-corrected chi connectivity index (χ2v) is 8.54. The van der Waals surface area contributed by atoms with Gasteiger partial charge in [-0.2, -0.15) is 8.78 Å². The molecule has 0 spiro atoms. The van der Waals surface area contributed by atoms with Crippen LogP contribution < -0.4 is 13.8 Å². The third-order valence-corrected chi connectivity index (χ3v) is 6.18. The molecule has 0 unspecified atom stereocenters. The molecule has 0 bridgehead atoms. The van der Waals surface area contributed by atoms with Gasteiger partial charge in [0.05, 0.1) is 16.1 Å². The molecular formula is C22H19F2NO5S. The second-order valence-electron chi connectivity index (χ2n) is 6.58. The minimum absolute atomic E-state index is 0.0290. The van der Waals surface area contributed by atoms with Crippen LogP contribution in [0.5, 0.6) is 11.5 Å². The number of hydrogen-bond acceptors (Lipinski definition) is 5. The van der Waals surface area contributed by atoms with E-state index in [1.807, 2.05) is 6.92 Å². The van der Waals surface area contributed by atoms with Gasteiger partial charge in [-0.15, -0.1) is 0 Å². The van der Waals surface area contributed by atoms with E-state index in [0.717, 1.165) is 15.9 Å². The predicted molar refractivity (Wildman–Crippen MR) is 111 cm³/mol. The monoisotopic (exact) mass is 447 g/mol. The lowest BCUT2D eigenvalue weighted by Gasteiger charge is -2.20. The first kappa shape index (κ1) is 22.2. The third kappa shape index (κ3) is 5.37. The standard InChI is InChI=1S/C22H19F2NO5S/c1-15-6-12-20(13-7-15)31(27,28)25(2)17-8-10-18(11-9-17)29-21(26)16-4-3-5-19(14-16)30-22(23)24/h3-14,22H,1-2H3. The van der Waals surface area contributed by atoms with Crippen LogP contribution in [0.25, 0.3) is 0 Å². The van der Waals surface area contributed by atoms with Crippen molar-refractivity contribution in [2.75, 3.05) is 11.4 Å². The first-order valence-corrected chi connectivity index (χ1v) is 10.5. The molecule has 0 aliphatic heterocycles. The van der Waals surface area contributed by atoms with Crippen molar-refractivity contribution in [2.45, 2.75) is 18.4 Å². The Morgan fingerprint density at radius 1 is 0.935 bits per heavy atom. The van der Waals surface area contributed by atoms with Gasteiger partial charge in [-0.1, -0.05) is 23.8 Å². The van der Waals surface area contributed by atoms with Crippen molar-refractivity contribution >= 4 is 21.7 Å². The number of carbonyl (C=O) groups excluding carboxylic acids is 1. The van der Waals surface area contributed by atoms with E-state index in [4.69, 9.17) is 4.74 Å². The molecule has 6 nitrogen and oxygen atoms in total. The number of carbonyl (C=O) groups is 1. The van der Waals surface area contributed by atoms with Crippen molar-refractivity contribution in [1.82, 2.24) is 0 Å². The van der Waals surface area contributed by atoms with Crippen molar-refractivity contribution in [2.24, 2.45) is 0 Å². The number of benzene rings is 3. The van der Waals surface area contributed by atoms with Crippen molar-refractivity contribution < 1.29 is 31.5 Å². The summed E-state index contributed by atoms with van der Waals surface area (Å²) in [7, 11) is -2.33. The number of anilines is 1. The topological polar surface area (TPSA) is 72.9 Å². The zero-order valence-corrected chi connectivity index (χ0v) is 17.5. The summed E-state index contributed by atoms with van der Waals surface area (Å²) < 4.78 is 60.8. The molecule has 3 aromatic carbocycles. The molecule has 3 rings (SSSR count). The molecule has 0 atom stereocenters. The van der Waals surface area contributed by atoms with Crippen molar-refractivity contribution in [3.63, 3.8) is 0 Å². The van der Waals surface area contributed by atoms with Crippen LogP contribution in [0.3, 0.4) is 0 Å². The summed E-state index contributed by atoms with van der Waals surface area (Å²) in [5, 5.41) is 0. The quantitative estimate of drug-likeness (QED) is 0.390. The molecule has 3 aromatic rings. The summed E-state index contributed by atoms with van der Waals surface area (Å²) >= 11 is 0. The molecular weight excluding hydrogens is 428 g/mol. The smallest absolute Gasteiger partial charge is 0.387 e. The van der Waals surface area contributed by atoms with Gasteiger partial charge in [0.2, 0.25) is 0 Å². The maximum Gasteiger partial charge on any atom is 0.387 e. The van der Waals surface area contributed by atoms with Crippen molar-refractivity contribution in [3.8, 4) is 11.5 Å². The molecule has 162 valence electrons. The van der Waals surface area contributed by atoms with E-state index in [-0.39, 0.29) is 22.0 Å². The number of nitrogens with zero attached hydrogens (tertiary/aromatic N) is 1. The van der Waals surface area contributed by atoms with Crippen LogP contribution in [-0.2, 0) is 10.0 Å². The summed E-state index contributed by atoms with van der Waals surface area (Å²) in [6, 6.07) is 17.6. The molecule has 0 amide bonds. The zero-order valence-electron chi connectivity index (χ0n) is 16.7. The van der Waals surface area contributed by atoms with E-state index >= 15 is 0 Å². The molecule has 0 aliphatic carbocycles. The Hall–Kier alpha value is -3.46. The predicted octanol–water partition coefficient (Wildman–Crippen LogP) is 4.64. The Kier molecular flexibility index (Phi) is 6.55. The summed E-state index contributed by atoms with van der Waals surface area (Å²) in [5.74, 6) is -0.772. The summed E-state index contributed by atoms with van der Waals surface area (Å²) in [6.45, 7) is -1.14. The minimum Gasteiger partial charge on any atom is -0.435 e. The fourth-order valence-corrected chi connectivity index (χ4v) is 3.89. The zero-order chi connectivity index (χ0) is 22.6. The maximum atomic E-state index is 12.8. The Morgan fingerprint density at radius 3 is 2.19 bits per heavy atom. The first-order chi connectivity index (χ1) is 14.7. The summed E-state index contributed by atoms with van der Waals surface area (Å²) in [4.78, 5) is 12.4. The molecule has 0 fully saturated rings. The van der Waals surface area contributed by atoms with E-state index in [1.165, 1.54) is 61.6 Å². The lowest BCUT2D eigenvalue weighted by molar-refractivity contribution is -0.0499. The Labute approximate surface area is 178 Å². The average molecular weight is 447 g/mol. The number of alkyl halides is 2. The highest BCUT2D eigenvalue weighted by molar-refractivity contribution is 7.92. The third-order valence-electron chi connectivity index (χ3n) is 4.39. The average Bonchev–Trinajstić information content (AvgIpc) is 2.74. The lowest BCUT2D eigenvalue weighted by Crippen LogP contribution is -2.26. The molecule has 0 aromatic heterocycles. The fourth-order valence-electron chi connectivity index (χ4n) is 2.70. The molecule has 31 heavy (non-hydrogen) atoms. The Bertz CT molecular complexity index is 1160. The molecule has 9 heteroatoms. The van der Waals surface area contributed by atoms with Crippen molar-refractivity contribution in [3.05, 3.63) is 83.9 Å². The van der Waals surface area contributed by atoms with Gasteiger partial charge >= 0.3 is 12.6 Å². The van der Waals surface area contributed by atoms with Gasteiger partial charge in [0.25, 0.3) is 10.0 Å². The second kappa shape index (κ2) is 9.13. The van der Waals surface area contributed by atoms with Crippen LogP contribution in [0.1, 0.15) is 15.9 Å². The Morgan fingerprint density at radius 2 is 1.58 bits per heavy atom. The lowest BCUT2D eigenvalue weighted by atomic mass is 10.2. The number of rotatable bonds is 7. The number of esters is 1. The highest BCUT2D eigenvalue weighted by Gasteiger charge is 2.21. The number of hydrogen-bond donors (Lipinski definition) is 0. The molecule has 0 aliphatic rings. The summed E-state index contributed by atoms with van der Waals surface area (Å²) in [6.07, 6.45) is 0. The molecule has 0 saturated carbocycles. The van der Waals surface area contributed by atoms with E-state index in [1.54, 1.807) is 12.1 Å². The van der Waals surface area contributed by atoms with Crippen molar-refractivity contribution in [1.29, 1.82) is 0 Å². The summed E-state index contributed by atoms with van der Waals surface area (Å²) in [5.41, 5.74) is 1.34. The van der Waals surface area contributed by atoms with E-state index in [2.05, 4.69) is 4.74 Å². The first-order valence-electron chi connectivity index (χ1n) is 9.09. The van der Waals surface area contributed by atoms with Crippen LogP contribution in [0.4, 0.5) is 14.5 Å². The number of ether oxygens (including phenoxy) is 2. The highest BCUT2D eigenvalue weighted by Crippen LogP contribution is 2.25. The highest BCUT2D eigenvalue weighted by atomic mass is 32.2. The van der Waals surface area contributed by atoms with Crippen LogP contribution in [0.2, 0.25) is 0 Å². The van der Waals surface area contributed by atoms with Gasteiger partial charge < -0.3 is 9.47 Å². The van der Waals surface area contributed by atoms with Crippen LogP contribution >= 0.6 is 0 Å². The van der Waals surface area contributed by atoms with Crippen LogP contribution in [0, 0.1) is 6.92 Å².